The maximum atomic E-state index is 12.8. The van der Waals surface area contributed by atoms with Crippen molar-refractivity contribution >= 4 is 21.4 Å². The van der Waals surface area contributed by atoms with Gasteiger partial charge in [-0.25, -0.2) is 8.42 Å². The fourth-order valence-corrected chi connectivity index (χ4v) is 5.47. The molecule has 0 aromatic carbocycles. The number of rotatable bonds is 3. The Kier molecular flexibility index (Phi) is 4.81. The Morgan fingerprint density at radius 2 is 2.20 bits per heavy atom. The Morgan fingerprint density at radius 3 is 2.80 bits per heavy atom. The van der Waals surface area contributed by atoms with Crippen LogP contribution in [0.25, 0.3) is 0 Å². The third-order valence-corrected chi connectivity index (χ3v) is 6.98. The number of sulfonamides is 1. The first-order valence-electron chi connectivity index (χ1n) is 6.69. The molecule has 2 heterocycles. The van der Waals surface area contributed by atoms with E-state index in [1.165, 1.54) is 0 Å². The first-order valence-corrected chi connectivity index (χ1v) is 8.95. The van der Waals surface area contributed by atoms with Crippen LogP contribution in [0.15, 0.2) is 16.3 Å². The molecule has 1 unspecified atom stereocenters. The van der Waals surface area contributed by atoms with Gasteiger partial charge in [0.15, 0.2) is 0 Å². The highest BCUT2D eigenvalue weighted by Crippen LogP contribution is 2.27. The molecular weight excluding hydrogens is 294 g/mol. The summed E-state index contributed by atoms with van der Waals surface area (Å²) in [5, 5.41) is 8.85. The van der Waals surface area contributed by atoms with Gasteiger partial charge in [-0.15, -0.1) is 11.3 Å². The normalized spacial score (nSPS) is 22.4. The zero-order valence-corrected chi connectivity index (χ0v) is 13.4. The SMILES string of the molecule is CCC1CN(C)CCCN1S(=O)(=O)c1ccc(C#N)s1. The number of likely N-dealkylation sites (N-methyl/N-ethyl adjacent to an activating group) is 1. The van der Waals surface area contributed by atoms with Gasteiger partial charge in [-0.05, 0) is 38.6 Å². The van der Waals surface area contributed by atoms with E-state index >= 15 is 0 Å². The molecule has 0 spiro atoms. The monoisotopic (exact) mass is 313 g/mol. The molecule has 1 aromatic heterocycles. The van der Waals surface area contributed by atoms with E-state index in [1.54, 1.807) is 16.4 Å². The summed E-state index contributed by atoms with van der Waals surface area (Å²) in [6.45, 7) is 4.23. The molecule has 110 valence electrons. The van der Waals surface area contributed by atoms with Gasteiger partial charge in [-0.3, -0.25) is 0 Å². The number of nitrogens with zero attached hydrogens (tertiary/aromatic N) is 3. The van der Waals surface area contributed by atoms with Crippen molar-refractivity contribution in [2.75, 3.05) is 26.7 Å². The standard InChI is InChI=1S/C13H19N3O2S2/c1-3-11-10-15(2)7-4-8-16(11)20(17,18)13-6-5-12(9-14)19-13/h5-6,11H,3-4,7-8,10H2,1-2H3. The Balaban J connectivity index is 2.33. The molecule has 1 saturated heterocycles. The van der Waals surface area contributed by atoms with Crippen molar-refractivity contribution in [3.63, 3.8) is 0 Å². The van der Waals surface area contributed by atoms with Crippen molar-refractivity contribution in [1.82, 2.24) is 9.21 Å². The lowest BCUT2D eigenvalue weighted by molar-refractivity contribution is 0.270. The van der Waals surface area contributed by atoms with Gasteiger partial charge < -0.3 is 4.90 Å². The molecule has 7 heteroatoms. The van der Waals surface area contributed by atoms with E-state index in [0.29, 0.717) is 11.4 Å². The molecule has 0 saturated carbocycles. The molecule has 20 heavy (non-hydrogen) atoms. The molecule has 1 aromatic rings. The summed E-state index contributed by atoms with van der Waals surface area (Å²) in [6, 6.07) is 5.11. The van der Waals surface area contributed by atoms with Crippen LogP contribution < -0.4 is 0 Å². The Bertz CT molecular complexity index is 603. The summed E-state index contributed by atoms with van der Waals surface area (Å²) in [5.41, 5.74) is 0. The summed E-state index contributed by atoms with van der Waals surface area (Å²) in [5.74, 6) is 0. The quantitative estimate of drug-likeness (QED) is 0.852. The minimum Gasteiger partial charge on any atom is -0.305 e. The maximum absolute atomic E-state index is 12.8. The predicted octanol–water partition coefficient (Wildman–Crippen LogP) is 1.72. The van der Waals surface area contributed by atoms with E-state index in [9.17, 15) is 8.42 Å². The fraction of sp³-hybridized carbons (Fsp3) is 0.615. The van der Waals surface area contributed by atoms with Crippen LogP contribution in [0.3, 0.4) is 0 Å². The lowest BCUT2D eigenvalue weighted by Crippen LogP contribution is -2.43. The zero-order valence-electron chi connectivity index (χ0n) is 11.7. The maximum Gasteiger partial charge on any atom is 0.252 e. The molecule has 2 rings (SSSR count). The van der Waals surface area contributed by atoms with Crippen LogP contribution in [0.5, 0.6) is 0 Å². The molecule has 0 N–H and O–H groups in total. The summed E-state index contributed by atoms with van der Waals surface area (Å²) in [6.07, 6.45) is 1.63. The first kappa shape index (κ1) is 15.4. The molecular formula is C13H19N3O2S2. The van der Waals surface area contributed by atoms with E-state index < -0.39 is 10.0 Å². The molecule has 0 radical (unpaired) electrons. The van der Waals surface area contributed by atoms with Gasteiger partial charge in [0.1, 0.15) is 15.2 Å². The topological polar surface area (TPSA) is 64.4 Å². The number of nitriles is 1. The van der Waals surface area contributed by atoms with E-state index in [2.05, 4.69) is 4.90 Å². The molecule has 5 nitrogen and oxygen atoms in total. The minimum absolute atomic E-state index is 0.000126. The Hall–Kier alpha value is -0.940. The molecule has 0 bridgehead atoms. The van der Waals surface area contributed by atoms with Gasteiger partial charge in [0, 0.05) is 19.1 Å². The van der Waals surface area contributed by atoms with Crippen molar-refractivity contribution in [1.29, 1.82) is 5.26 Å². The Morgan fingerprint density at radius 1 is 1.45 bits per heavy atom. The van der Waals surface area contributed by atoms with Gasteiger partial charge >= 0.3 is 0 Å². The smallest absolute Gasteiger partial charge is 0.252 e. The highest BCUT2D eigenvalue weighted by molar-refractivity contribution is 7.91. The average Bonchev–Trinajstić information content (AvgIpc) is 2.83. The van der Waals surface area contributed by atoms with Crippen molar-refractivity contribution in [3.05, 3.63) is 17.0 Å². The molecule has 1 aliphatic heterocycles. The first-order chi connectivity index (χ1) is 9.48. The molecule has 1 aliphatic rings. The highest BCUT2D eigenvalue weighted by atomic mass is 32.2. The summed E-state index contributed by atoms with van der Waals surface area (Å²) in [4.78, 5) is 2.61. The molecule has 0 amide bonds. The van der Waals surface area contributed by atoms with Crippen molar-refractivity contribution in [3.8, 4) is 6.07 Å². The van der Waals surface area contributed by atoms with Gasteiger partial charge in [0.05, 0.1) is 0 Å². The van der Waals surface area contributed by atoms with Gasteiger partial charge in [0.2, 0.25) is 0 Å². The highest BCUT2D eigenvalue weighted by Gasteiger charge is 2.33. The fourth-order valence-electron chi connectivity index (χ4n) is 2.50. The third kappa shape index (κ3) is 3.04. The average molecular weight is 313 g/mol. The second-order valence-corrected chi connectivity index (χ2v) is 8.23. The van der Waals surface area contributed by atoms with E-state index in [4.69, 9.17) is 5.26 Å². The van der Waals surface area contributed by atoms with Gasteiger partial charge in [-0.1, -0.05) is 6.92 Å². The summed E-state index contributed by atoms with van der Waals surface area (Å²) in [7, 11) is -1.46. The molecule has 1 atom stereocenters. The second-order valence-electron chi connectivity index (χ2n) is 5.02. The van der Waals surface area contributed by atoms with Crippen LogP contribution in [0.4, 0.5) is 0 Å². The molecule has 0 aliphatic carbocycles. The second kappa shape index (κ2) is 6.22. The van der Waals surface area contributed by atoms with E-state index in [-0.39, 0.29) is 10.3 Å². The van der Waals surface area contributed by atoms with Crippen molar-refractivity contribution in [2.45, 2.75) is 30.0 Å². The molecule has 1 fully saturated rings. The number of hydrogen-bond donors (Lipinski definition) is 0. The largest absolute Gasteiger partial charge is 0.305 e. The van der Waals surface area contributed by atoms with Crippen molar-refractivity contribution < 1.29 is 8.42 Å². The number of hydrogen-bond acceptors (Lipinski definition) is 5. The lowest BCUT2D eigenvalue weighted by Gasteiger charge is -2.28. The summed E-state index contributed by atoms with van der Waals surface area (Å²) < 4.78 is 27.4. The minimum atomic E-state index is -3.49. The zero-order chi connectivity index (χ0) is 14.8. The van der Waals surface area contributed by atoms with Crippen molar-refractivity contribution in [2.24, 2.45) is 0 Å². The van der Waals surface area contributed by atoms with Crippen LogP contribution in [-0.4, -0.2) is 50.3 Å². The van der Waals surface area contributed by atoms with E-state index in [1.807, 2.05) is 20.0 Å². The van der Waals surface area contributed by atoms with Crippen LogP contribution in [0.2, 0.25) is 0 Å². The van der Waals surface area contributed by atoms with Gasteiger partial charge in [-0.2, -0.15) is 9.57 Å². The van der Waals surface area contributed by atoms with E-state index in [0.717, 1.165) is 37.3 Å². The third-order valence-electron chi connectivity index (χ3n) is 3.57. The van der Waals surface area contributed by atoms with Crippen LogP contribution in [-0.2, 0) is 10.0 Å². The van der Waals surface area contributed by atoms with Gasteiger partial charge in [0.25, 0.3) is 10.0 Å². The van der Waals surface area contributed by atoms with Crippen LogP contribution in [0.1, 0.15) is 24.6 Å². The Labute approximate surface area is 124 Å². The lowest BCUT2D eigenvalue weighted by atomic mass is 10.2. The predicted molar refractivity (Wildman–Crippen MR) is 79.1 cm³/mol. The van der Waals surface area contributed by atoms with Crippen LogP contribution in [0, 0.1) is 11.3 Å². The number of thiophene rings is 1. The van der Waals surface area contributed by atoms with Crippen LogP contribution >= 0.6 is 11.3 Å². The summed E-state index contributed by atoms with van der Waals surface area (Å²) >= 11 is 1.05.